The van der Waals surface area contributed by atoms with E-state index in [-0.39, 0.29) is 12.5 Å². The maximum atomic E-state index is 12.8. The van der Waals surface area contributed by atoms with Gasteiger partial charge in [-0.15, -0.1) is 0 Å². The van der Waals surface area contributed by atoms with Crippen molar-refractivity contribution in [2.45, 2.75) is 45.2 Å². The van der Waals surface area contributed by atoms with Crippen molar-refractivity contribution in [2.75, 3.05) is 17.2 Å². The predicted molar refractivity (Wildman–Crippen MR) is 118 cm³/mol. The third-order valence-electron chi connectivity index (χ3n) is 5.35. The van der Waals surface area contributed by atoms with E-state index in [0.29, 0.717) is 35.4 Å². The van der Waals surface area contributed by atoms with Crippen molar-refractivity contribution in [2.24, 2.45) is 0 Å². The van der Waals surface area contributed by atoms with Crippen LogP contribution in [0.2, 0.25) is 0 Å². The van der Waals surface area contributed by atoms with Crippen molar-refractivity contribution >= 4 is 28.3 Å². The third-order valence-corrected chi connectivity index (χ3v) is 5.35. The number of rotatable bonds is 7. The average molecular weight is 406 g/mol. The van der Waals surface area contributed by atoms with Crippen LogP contribution in [0.25, 0.3) is 10.9 Å². The van der Waals surface area contributed by atoms with Gasteiger partial charge >= 0.3 is 5.69 Å². The van der Waals surface area contributed by atoms with Gasteiger partial charge in [0, 0.05) is 11.4 Å². The van der Waals surface area contributed by atoms with Crippen LogP contribution in [0.4, 0.5) is 11.5 Å². The van der Waals surface area contributed by atoms with Crippen LogP contribution in [0.1, 0.15) is 32.6 Å². The second kappa shape index (κ2) is 8.98. The van der Waals surface area contributed by atoms with Crippen LogP contribution >= 0.6 is 0 Å². The molecule has 0 aliphatic heterocycles. The minimum atomic E-state index is -0.442. The summed E-state index contributed by atoms with van der Waals surface area (Å²) < 4.78 is 6.97. The summed E-state index contributed by atoms with van der Waals surface area (Å²) in [5, 5.41) is 7.11. The number of para-hydroxylation sites is 3. The minimum absolute atomic E-state index is 0.128. The summed E-state index contributed by atoms with van der Waals surface area (Å²) in [5.41, 5.74) is 0.822. The summed E-state index contributed by atoms with van der Waals surface area (Å²) in [5.74, 6) is 0.883. The Labute approximate surface area is 175 Å². The Morgan fingerprint density at radius 2 is 1.87 bits per heavy atom. The summed E-state index contributed by atoms with van der Waals surface area (Å²) in [6, 6.07) is 15.1. The van der Waals surface area contributed by atoms with Crippen LogP contribution in [0.3, 0.4) is 0 Å². The van der Waals surface area contributed by atoms with E-state index in [0.717, 1.165) is 18.2 Å². The van der Waals surface area contributed by atoms with E-state index in [9.17, 15) is 9.59 Å². The molecule has 156 valence electrons. The molecule has 1 aliphatic carbocycles. The molecule has 0 atom stereocenters. The van der Waals surface area contributed by atoms with Gasteiger partial charge in [0.2, 0.25) is 5.91 Å². The van der Waals surface area contributed by atoms with E-state index < -0.39 is 5.69 Å². The van der Waals surface area contributed by atoms with Gasteiger partial charge in [0.15, 0.2) is 0 Å². The molecular weight excluding hydrogens is 380 g/mol. The number of hydrogen-bond donors (Lipinski definition) is 2. The summed E-state index contributed by atoms with van der Waals surface area (Å²) in [7, 11) is 0. The molecule has 0 radical (unpaired) electrons. The quantitative estimate of drug-likeness (QED) is 0.624. The Morgan fingerprint density at radius 1 is 1.13 bits per heavy atom. The predicted octanol–water partition coefficient (Wildman–Crippen LogP) is 3.79. The van der Waals surface area contributed by atoms with E-state index in [2.05, 4.69) is 15.6 Å². The van der Waals surface area contributed by atoms with E-state index in [4.69, 9.17) is 4.74 Å². The van der Waals surface area contributed by atoms with E-state index in [1.54, 1.807) is 12.1 Å². The molecule has 1 fully saturated rings. The largest absolute Gasteiger partial charge is 0.492 e. The highest BCUT2D eigenvalue weighted by Gasteiger charge is 2.19. The number of carbonyl (C=O) groups excluding carboxylic acids is 1. The SMILES string of the molecule is CCOc1ccccc1NC(=O)Cn1c(=O)nc(NC2CCCC2)c2ccccc21. The van der Waals surface area contributed by atoms with Crippen molar-refractivity contribution in [3.05, 3.63) is 59.0 Å². The lowest BCUT2D eigenvalue weighted by Crippen LogP contribution is -2.31. The summed E-state index contributed by atoms with van der Waals surface area (Å²) >= 11 is 0. The molecule has 4 rings (SSSR count). The highest BCUT2D eigenvalue weighted by atomic mass is 16.5. The number of fused-ring (bicyclic) bond motifs is 1. The summed E-state index contributed by atoms with van der Waals surface area (Å²) in [4.78, 5) is 29.8. The van der Waals surface area contributed by atoms with Gasteiger partial charge in [-0.05, 0) is 44.0 Å². The highest BCUT2D eigenvalue weighted by Crippen LogP contribution is 2.26. The molecule has 3 aromatic rings. The van der Waals surface area contributed by atoms with Crippen molar-refractivity contribution in [3.63, 3.8) is 0 Å². The van der Waals surface area contributed by atoms with Crippen LogP contribution in [0.15, 0.2) is 53.3 Å². The second-order valence-corrected chi connectivity index (χ2v) is 7.45. The maximum absolute atomic E-state index is 12.8. The van der Waals surface area contributed by atoms with Crippen molar-refractivity contribution in [1.29, 1.82) is 0 Å². The lowest BCUT2D eigenvalue weighted by atomic mass is 10.2. The first-order valence-corrected chi connectivity index (χ1v) is 10.4. The zero-order valence-corrected chi connectivity index (χ0v) is 17.1. The molecule has 1 aliphatic rings. The van der Waals surface area contributed by atoms with Gasteiger partial charge in [-0.2, -0.15) is 4.98 Å². The number of nitrogens with zero attached hydrogens (tertiary/aromatic N) is 2. The number of hydrogen-bond acceptors (Lipinski definition) is 5. The fourth-order valence-electron chi connectivity index (χ4n) is 3.94. The number of ether oxygens (including phenoxy) is 1. The van der Waals surface area contributed by atoms with Crippen LogP contribution in [-0.2, 0) is 11.3 Å². The lowest BCUT2D eigenvalue weighted by Gasteiger charge is -2.17. The molecule has 7 heteroatoms. The van der Waals surface area contributed by atoms with Gasteiger partial charge in [-0.25, -0.2) is 4.79 Å². The minimum Gasteiger partial charge on any atom is -0.492 e. The normalized spacial score (nSPS) is 14.0. The Kier molecular flexibility index (Phi) is 5.97. The molecule has 30 heavy (non-hydrogen) atoms. The van der Waals surface area contributed by atoms with Gasteiger partial charge in [0.1, 0.15) is 18.1 Å². The average Bonchev–Trinajstić information content (AvgIpc) is 3.26. The first-order valence-electron chi connectivity index (χ1n) is 10.4. The molecule has 2 N–H and O–H groups in total. The van der Waals surface area contributed by atoms with E-state index >= 15 is 0 Å². The third kappa shape index (κ3) is 4.30. The van der Waals surface area contributed by atoms with Crippen molar-refractivity contribution in [1.82, 2.24) is 9.55 Å². The van der Waals surface area contributed by atoms with Crippen LogP contribution < -0.4 is 21.1 Å². The summed E-state index contributed by atoms with van der Waals surface area (Å²) in [6.45, 7) is 2.25. The van der Waals surface area contributed by atoms with Gasteiger partial charge in [0.25, 0.3) is 0 Å². The standard InChI is InChI=1S/C23H26N4O3/c1-2-30-20-14-8-6-12-18(20)25-21(28)15-27-19-13-7-5-11-17(19)22(26-23(27)29)24-16-9-3-4-10-16/h5-8,11-14,16H,2-4,9-10,15H2,1H3,(H,25,28)(H,24,26,29). The molecular formula is C23H26N4O3. The molecule has 0 bridgehead atoms. The monoisotopic (exact) mass is 406 g/mol. The molecule has 0 unspecified atom stereocenters. The molecule has 7 nitrogen and oxygen atoms in total. The number of anilines is 2. The molecule has 1 aromatic heterocycles. The number of nitrogens with one attached hydrogen (secondary N) is 2. The van der Waals surface area contributed by atoms with Crippen molar-refractivity contribution < 1.29 is 9.53 Å². The van der Waals surface area contributed by atoms with E-state index in [1.165, 1.54) is 17.4 Å². The first kappa shape index (κ1) is 19.9. The number of benzene rings is 2. The fourth-order valence-corrected chi connectivity index (χ4v) is 3.94. The Morgan fingerprint density at radius 3 is 2.67 bits per heavy atom. The zero-order valence-electron chi connectivity index (χ0n) is 17.1. The molecule has 1 saturated carbocycles. The molecule has 1 heterocycles. The Bertz CT molecular complexity index is 1100. The topological polar surface area (TPSA) is 85.2 Å². The number of amides is 1. The molecule has 0 saturated heterocycles. The van der Waals surface area contributed by atoms with Crippen LogP contribution in [0.5, 0.6) is 5.75 Å². The second-order valence-electron chi connectivity index (χ2n) is 7.45. The van der Waals surface area contributed by atoms with Crippen molar-refractivity contribution in [3.8, 4) is 5.75 Å². The van der Waals surface area contributed by atoms with Gasteiger partial charge in [-0.3, -0.25) is 9.36 Å². The first-order chi connectivity index (χ1) is 14.7. The van der Waals surface area contributed by atoms with E-state index in [1.807, 2.05) is 43.3 Å². The lowest BCUT2D eigenvalue weighted by molar-refractivity contribution is -0.116. The van der Waals surface area contributed by atoms with Gasteiger partial charge in [-0.1, -0.05) is 37.1 Å². The smallest absolute Gasteiger partial charge is 0.350 e. The zero-order chi connectivity index (χ0) is 20.9. The number of carbonyl (C=O) groups is 1. The van der Waals surface area contributed by atoms with Crippen LogP contribution in [0, 0.1) is 0 Å². The molecule has 1 amide bonds. The Balaban J connectivity index is 1.61. The fraction of sp³-hybridized carbons (Fsp3) is 0.348. The Hall–Kier alpha value is -3.35. The van der Waals surface area contributed by atoms with Gasteiger partial charge in [0.05, 0.1) is 17.8 Å². The maximum Gasteiger partial charge on any atom is 0.350 e. The highest BCUT2D eigenvalue weighted by molar-refractivity contribution is 5.94. The summed E-state index contributed by atoms with van der Waals surface area (Å²) in [6.07, 6.45) is 4.55. The molecule has 0 spiro atoms. The van der Waals surface area contributed by atoms with Crippen LogP contribution in [-0.4, -0.2) is 28.1 Å². The van der Waals surface area contributed by atoms with Gasteiger partial charge < -0.3 is 15.4 Å². The molecule has 2 aromatic carbocycles. The number of aromatic nitrogens is 2.